The van der Waals surface area contributed by atoms with E-state index in [-0.39, 0.29) is 30.0 Å². The van der Waals surface area contributed by atoms with Crippen molar-refractivity contribution in [3.05, 3.63) is 56.9 Å². The third-order valence-electron chi connectivity index (χ3n) is 5.94. The first-order valence-corrected chi connectivity index (χ1v) is 10.4. The van der Waals surface area contributed by atoms with Crippen LogP contribution in [0.2, 0.25) is 0 Å². The van der Waals surface area contributed by atoms with E-state index in [0.717, 1.165) is 42.5 Å². The molecule has 2 amide bonds. The number of rotatable bonds is 5. The number of hydrogen-bond donors (Lipinski definition) is 2. The number of nitrogens with one attached hydrogen (secondary N) is 2. The van der Waals surface area contributed by atoms with Crippen LogP contribution in [0.3, 0.4) is 0 Å². The van der Waals surface area contributed by atoms with Crippen molar-refractivity contribution in [2.45, 2.75) is 57.5 Å². The molecule has 1 saturated carbocycles. The lowest BCUT2D eigenvalue weighted by atomic mass is 9.95. The van der Waals surface area contributed by atoms with Gasteiger partial charge in [0.1, 0.15) is 0 Å². The molecule has 9 heteroatoms. The Kier molecular flexibility index (Phi) is 5.78. The second-order valence-corrected chi connectivity index (χ2v) is 8.00. The Bertz CT molecular complexity index is 947. The molecule has 0 radical (unpaired) electrons. The molecule has 2 aliphatic rings. The summed E-state index contributed by atoms with van der Waals surface area (Å²) in [6, 6.07) is 6.21. The van der Waals surface area contributed by atoms with Gasteiger partial charge in [0.25, 0.3) is 11.6 Å². The standard InChI is InChI=1S/C21H25N5O4/c27-19(12-14-6-8-16(9-7-14)26(29)30)25-11-10-18-17(13-25)20(24-23-18)21(28)22-15-4-2-1-3-5-15/h6-9,15H,1-5,10-13H2,(H,22,28)(H,23,24). The van der Waals surface area contributed by atoms with Crippen molar-refractivity contribution >= 4 is 17.5 Å². The molecule has 1 aliphatic carbocycles. The maximum atomic E-state index is 12.8. The van der Waals surface area contributed by atoms with Crippen LogP contribution in [0.1, 0.15) is 59.4 Å². The molecule has 158 valence electrons. The van der Waals surface area contributed by atoms with E-state index in [0.29, 0.717) is 25.2 Å². The molecule has 2 aromatic rings. The third kappa shape index (κ3) is 4.34. The lowest BCUT2D eigenvalue weighted by Gasteiger charge is -2.27. The number of nitro groups is 1. The van der Waals surface area contributed by atoms with Crippen LogP contribution in [0.15, 0.2) is 24.3 Å². The predicted octanol–water partition coefficient (Wildman–Crippen LogP) is 2.51. The average Bonchev–Trinajstić information content (AvgIpc) is 3.18. The summed E-state index contributed by atoms with van der Waals surface area (Å²) >= 11 is 0. The smallest absolute Gasteiger partial charge is 0.272 e. The van der Waals surface area contributed by atoms with Gasteiger partial charge in [-0.1, -0.05) is 31.4 Å². The average molecular weight is 411 g/mol. The minimum absolute atomic E-state index is 0.000769. The van der Waals surface area contributed by atoms with E-state index in [2.05, 4.69) is 15.5 Å². The molecule has 2 N–H and O–H groups in total. The van der Waals surface area contributed by atoms with Crippen LogP contribution in [0.4, 0.5) is 5.69 Å². The quantitative estimate of drug-likeness (QED) is 0.578. The molecule has 1 aromatic heterocycles. The van der Waals surface area contributed by atoms with Gasteiger partial charge in [-0.3, -0.25) is 24.8 Å². The number of H-pyrrole nitrogens is 1. The number of carbonyl (C=O) groups is 2. The number of amides is 2. The van der Waals surface area contributed by atoms with Crippen LogP contribution in [-0.2, 0) is 24.2 Å². The van der Waals surface area contributed by atoms with Gasteiger partial charge >= 0.3 is 0 Å². The highest BCUT2D eigenvalue weighted by Crippen LogP contribution is 2.23. The molecule has 4 rings (SSSR count). The lowest BCUT2D eigenvalue weighted by molar-refractivity contribution is -0.384. The van der Waals surface area contributed by atoms with Crippen LogP contribution < -0.4 is 5.32 Å². The highest BCUT2D eigenvalue weighted by molar-refractivity contribution is 5.94. The summed E-state index contributed by atoms with van der Waals surface area (Å²) in [6.45, 7) is 0.885. The van der Waals surface area contributed by atoms with E-state index in [1.807, 2.05) is 0 Å². The summed E-state index contributed by atoms with van der Waals surface area (Å²) in [5.41, 5.74) is 2.79. The number of non-ortho nitro benzene ring substituents is 1. The van der Waals surface area contributed by atoms with E-state index in [1.54, 1.807) is 17.0 Å². The van der Waals surface area contributed by atoms with Crippen molar-refractivity contribution in [3.63, 3.8) is 0 Å². The fourth-order valence-corrected chi connectivity index (χ4v) is 4.22. The lowest BCUT2D eigenvalue weighted by Crippen LogP contribution is -2.39. The Balaban J connectivity index is 1.41. The highest BCUT2D eigenvalue weighted by atomic mass is 16.6. The number of aromatic amines is 1. The van der Waals surface area contributed by atoms with E-state index in [9.17, 15) is 19.7 Å². The molecule has 0 saturated heterocycles. The van der Waals surface area contributed by atoms with Crippen molar-refractivity contribution in [3.8, 4) is 0 Å². The zero-order valence-electron chi connectivity index (χ0n) is 16.7. The Labute approximate surface area is 174 Å². The summed E-state index contributed by atoms with van der Waals surface area (Å²) in [4.78, 5) is 37.6. The Hall–Kier alpha value is -3.23. The monoisotopic (exact) mass is 411 g/mol. The fraction of sp³-hybridized carbons (Fsp3) is 0.476. The van der Waals surface area contributed by atoms with Crippen LogP contribution in [0, 0.1) is 10.1 Å². The molecule has 30 heavy (non-hydrogen) atoms. The summed E-state index contributed by atoms with van der Waals surface area (Å²) in [5, 5.41) is 21.1. The van der Waals surface area contributed by atoms with E-state index >= 15 is 0 Å². The molecule has 9 nitrogen and oxygen atoms in total. The molecule has 1 aliphatic heterocycles. The van der Waals surface area contributed by atoms with Crippen LogP contribution >= 0.6 is 0 Å². The van der Waals surface area contributed by atoms with Gasteiger partial charge in [-0.2, -0.15) is 5.10 Å². The second-order valence-electron chi connectivity index (χ2n) is 8.00. The highest BCUT2D eigenvalue weighted by Gasteiger charge is 2.29. The Morgan fingerprint density at radius 1 is 1.20 bits per heavy atom. The number of carbonyl (C=O) groups excluding carboxylic acids is 2. The van der Waals surface area contributed by atoms with Crippen molar-refractivity contribution in [2.75, 3.05) is 6.54 Å². The maximum absolute atomic E-state index is 12.8. The molecular weight excluding hydrogens is 386 g/mol. The summed E-state index contributed by atoms with van der Waals surface area (Å²) in [6.07, 6.45) is 6.26. The number of benzene rings is 1. The van der Waals surface area contributed by atoms with Gasteiger partial charge in [-0.15, -0.1) is 0 Å². The topological polar surface area (TPSA) is 121 Å². The fourth-order valence-electron chi connectivity index (χ4n) is 4.22. The van der Waals surface area contributed by atoms with Gasteiger partial charge < -0.3 is 10.2 Å². The Morgan fingerprint density at radius 2 is 1.93 bits per heavy atom. The Morgan fingerprint density at radius 3 is 2.63 bits per heavy atom. The first-order chi connectivity index (χ1) is 14.5. The first kappa shape index (κ1) is 20.1. The molecular formula is C21H25N5O4. The van der Waals surface area contributed by atoms with Crippen molar-refractivity contribution in [1.29, 1.82) is 0 Å². The maximum Gasteiger partial charge on any atom is 0.272 e. The van der Waals surface area contributed by atoms with Gasteiger partial charge in [0, 0.05) is 48.9 Å². The van der Waals surface area contributed by atoms with Gasteiger partial charge in [0.05, 0.1) is 11.3 Å². The molecule has 1 fully saturated rings. The van der Waals surface area contributed by atoms with E-state index < -0.39 is 4.92 Å². The second kappa shape index (κ2) is 8.64. The first-order valence-electron chi connectivity index (χ1n) is 10.4. The zero-order chi connectivity index (χ0) is 21.1. The summed E-state index contributed by atoms with van der Waals surface area (Å²) in [5.74, 6) is -0.251. The van der Waals surface area contributed by atoms with E-state index in [4.69, 9.17) is 0 Å². The zero-order valence-corrected chi connectivity index (χ0v) is 16.7. The van der Waals surface area contributed by atoms with Gasteiger partial charge in [-0.05, 0) is 18.4 Å². The number of aromatic nitrogens is 2. The predicted molar refractivity (Wildman–Crippen MR) is 109 cm³/mol. The molecule has 0 unspecified atom stereocenters. The van der Waals surface area contributed by atoms with Crippen LogP contribution in [0.25, 0.3) is 0 Å². The molecule has 1 aromatic carbocycles. The molecule has 0 bridgehead atoms. The SMILES string of the molecule is O=C(NC1CCCCC1)c1n[nH]c2c1CN(C(=O)Cc1ccc([N+](=O)[O-])cc1)CC2. The number of hydrogen-bond acceptors (Lipinski definition) is 5. The van der Waals surface area contributed by atoms with E-state index in [1.165, 1.54) is 18.6 Å². The van der Waals surface area contributed by atoms with Crippen molar-refractivity contribution in [2.24, 2.45) is 0 Å². The van der Waals surface area contributed by atoms with Gasteiger partial charge in [0.15, 0.2) is 5.69 Å². The third-order valence-corrected chi connectivity index (χ3v) is 5.94. The number of fused-ring (bicyclic) bond motifs is 1. The summed E-state index contributed by atoms with van der Waals surface area (Å²) in [7, 11) is 0. The normalized spacial score (nSPS) is 16.7. The van der Waals surface area contributed by atoms with Gasteiger partial charge in [-0.25, -0.2) is 0 Å². The van der Waals surface area contributed by atoms with Crippen molar-refractivity contribution < 1.29 is 14.5 Å². The van der Waals surface area contributed by atoms with Crippen LogP contribution in [-0.4, -0.2) is 44.4 Å². The minimum Gasteiger partial charge on any atom is -0.348 e. The molecule has 2 heterocycles. The molecule has 0 spiro atoms. The minimum atomic E-state index is -0.462. The van der Waals surface area contributed by atoms with Crippen LogP contribution in [0.5, 0.6) is 0 Å². The van der Waals surface area contributed by atoms with Crippen molar-refractivity contribution in [1.82, 2.24) is 20.4 Å². The summed E-state index contributed by atoms with van der Waals surface area (Å²) < 4.78 is 0. The molecule has 0 atom stereocenters. The number of nitro benzene ring substituents is 1. The number of nitrogens with zero attached hydrogens (tertiary/aromatic N) is 3. The largest absolute Gasteiger partial charge is 0.348 e. The van der Waals surface area contributed by atoms with Gasteiger partial charge in [0.2, 0.25) is 5.91 Å².